The quantitative estimate of drug-likeness (QED) is 0.822. The zero-order valence-electron chi connectivity index (χ0n) is 11.8. The van der Waals surface area contributed by atoms with Gasteiger partial charge in [-0.3, -0.25) is 4.79 Å². The number of nitrogens with zero attached hydrogens (tertiary/aromatic N) is 3. The number of hydrogen-bond acceptors (Lipinski definition) is 6. The summed E-state index contributed by atoms with van der Waals surface area (Å²) in [6, 6.07) is 0.250. The third kappa shape index (κ3) is 4.14. The van der Waals surface area contributed by atoms with Gasteiger partial charge in [0.05, 0.1) is 25.9 Å². The Hall–Kier alpha value is -1.73. The molecule has 1 atom stereocenters. The van der Waals surface area contributed by atoms with Crippen LogP contribution in [0.2, 0.25) is 0 Å². The standard InChI is InChI=1S/C13H20N4O3/c1-17-3-4-20-9-10(8-17)5-14-12(18)11-6-15-13(19-2)16-7-11/h6-7,10H,3-5,8-9H2,1-2H3,(H,14,18). The van der Waals surface area contributed by atoms with Crippen LogP contribution >= 0.6 is 0 Å². The van der Waals surface area contributed by atoms with Gasteiger partial charge < -0.3 is 19.7 Å². The fourth-order valence-corrected chi connectivity index (χ4v) is 2.06. The van der Waals surface area contributed by atoms with E-state index in [9.17, 15) is 4.79 Å². The molecule has 1 saturated heterocycles. The molecule has 0 spiro atoms. The van der Waals surface area contributed by atoms with E-state index in [1.54, 1.807) is 0 Å². The predicted octanol–water partition coefficient (Wildman–Crippen LogP) is -0.207. The number of carbonyl (C=O) groups excluding carboxylic acids is 1. The molecule has 1 unspecified atom stereocenters. The molecule has 110 valence electrons. The van der Waals surface area contributed by atoms with E-state index in [0.717, 1.165) is 19.7 Å². The van der Waals surface area contributed by atoms with Gasteiger partial charge in [0.1, 0.15) is 0 Å². The Morgan fingerprint density at radius 3 is 3.00 bits per heavy atom. The highest BCUT2D eigenvalue weighted by molar-refractivity contribution is 5.93. The summed E-state index contributed by atoms with van der Waals surface area (Å²) < 4.78 is 10.4. The Bertz CT molecular complexity index is 438. The minimum atomic E-state index is -0.181. The lowest BCUT2D eigenvalue weighted by atomic mass is 10.1. The second-order valence-electron chi connectivity index (χ2n) is 4.87. The molecule has 7 nitrogen and oxygen atoms in total. The fraction of sp³-hybridized carbons (Fsp3) is 0.615. The van der Waals surface area contributed by atoms with Crippen LogP contribution in [0.1, 0.15) is 10.4 Å². The van der Waals surface area contributed by atoms with Crippen molar-refractivity contribution in [2.45, 2.75) is 0 Å². The number of amides is 1. The van der Waals surface area contributed by atoms with Gasteiger partial charge in [-0.1, -0.05) is 0 Å². The zero-order valence-corrected chi connectivity index (χ0v) is 11.8. The molecule has 0 saturated carbocycles. The third-order valence-corrected chi connectivity index (χ3v) is 3.16. The fourth-order valence-electron chi connectivity index (χ4n) is 2.06. The van der Waals surface area contributed by atoms with Crippen molar-refractivity contribution in [3.63, 3.8) is 0 Å². The molecule has 20 heavy (non-hydrogen) atoms. The summed E-state index contributed by atoms with van der Waals surface area (Å²) in [6.45, 7) is 3.84. The van der Waals surface area contributed by atoms with Gasteiger partial charge in [0.15, 0.2) is 0 Å². The molecule has 2 rings (SSSR count). The molecule has 1 N–H and O–H groups in total. The maximum Gasteiger partial charge on any atom is 0.316 e. The lowest BCUT2D eigenvalue weighted by molar-refractivity contribution is 0.0920. The molecule has 1 aromatic rings. The SMILES string of the molecule is COc1ncc(C(=O)NCC2COCCN(C)C2)cn1. The van der Waals surface area contributed by atoms with Crippen molar-refractivity contribution < 1.29 is 14.3 Å². The number of carbonyl (C=O) groups is 1. The van der Waals surface area contributed by atoms with Crippen LogP contribution < -0.4 is 10.1 Å². The first-order chi connectivity index (χ1) is 9.69. The van der Waals surface area contributed by atoms with Crippen molar-refractivity contribution in [2.24, 2.45) is 5.92 Å². The Morgan fingerprint density at radius 2 is 2.30 bits per heavy atom. The van der Waals surface area contributed by atoms with Gasteiger partial charge in [-0.25, -0.2) is 9.97 Å². The topological polar surface area (TPSA) is 76.6 Å². The molecule has 1 fully saturated rings. The van der Waals surface area contributed by atoms with Crippen LogP contribution in [0.4, 0.5) is 0 Å². The monoisotopic (exact) mass is 280 g/mol. The van der Waals surface area contributed by atoms with E-state index in [1.807, 2.05) is 0 Å². The molecule has 2 heterocycles. The highest BCUT2D eigenvalue weighted by Gasteiger charge is 2.17. The Morgan fingerprint density at radius 1 is 1.55 bits per heavy atom. The predicted molar refractivity (Wildman–Crippen MR) is 72.7 cm³/mol. The lowest BCUT2D eigenvalue weighted by Gasteiger charge is -2.19. The van der Waals surface area contributed by atoms with Gasteiger partial charge in [0.2, 0.25) is 0 Å². The second-order valence-corrected chi connectivity index (χ2v) is 4.87. The number of methoxy groups -OCH3 is 1. The van der Waals surface area contributed by atoms with Crippen molar-refractivity contribution >= 4 is 5.91 Å². The van der Waals surface area contributed by atoms with Gasteiger partial charge >= 0.3 is 6.01 Å². The smallest absolute Gasteiger partial charge is 0.316 e. The van der Waals surface area contributed by atoms with E-state index < -0.39 is 0 Å². The van der Waals surface area contributed by atoms with Crippen LogP contribution in [0, 0.1) is 5.92 Å². The zero-order chi connectivity index (χ0) is 14.4. The summed E-state index contributed by atoms with van der Waals surface area (Å²) in [5.74, 6) is 0.116. The summed E-state index contributed by atoms with van der Waals surface area (Å²) in [5.41, 5.74) is 0.425. The van der Waals surface area contributed by atoms with Gasteiger partial charge in [-0.15, -0.1) is 0 Å². The number of ether oxygens (including phenoxy) is 2. The van der Waals surface area contributed by atoms with Gasteiger partial charge in [0.25, 0.3) is 5.91 Å². The van der Waals surface area contributed by atoms with E-state index in [4.69, 9.17) is 9.47 Å². The number of hydrogen-bond donors (Lipinski definition) is 1. The molecule has 1 aliphatic heterocycles. The van der Waals surface area contributed by atoms with Gasteiger partial charge in [-0.05, 0) is 7.05 Å². The Kier molecular flexibility index (Phi) is 5.25. The summed E-state index contributed by atoms with van der Waals surface area (Å²) >= 11 is 0. The molecule has 0 aliphatic carbocycles. The minimum absolute atomic E-state index is 0.181. The Balaban J connectivity index is 1.84. The highest BCUT2D eigenvalue weighted by atomic mass is 16.5. The van der Waals surface area contributed by atoms with Crippen molar-refractivity contribution in [3.05, 3.63) is 18.0 Å². The van der Waals surface area contributed by atoms with Crippen molar-refractivity contribution in [1.29, 1.82) is 0 Å². The first-order valence-electron chi connectivity index (χ1n) is 6.59. The van der Waals surface area contributed by atoms with Gasteiger partial charge in [0, 0.05) is 37.9 Å². The van der Waals surface area contributed by atoms with E-state index in [-0.39, 0.29) is 11.9 Å². The van der Waals surface area contributed by atoms with Crippen molar-refractivity contribution in [3.8, 4) is 6.01 Å². The molecule has 1 aliphatic rings. The van der Waals surface area contributed by atoms with Gasteiger partial charge in [-0.2, -0.15) is 0 Å². The van der Waals surface area contributed by atoms with E-state index in [0.29, 0.717) is 24.6 Å². The molecule has 7 heteroatoms. The largest absolute Gasteiger partial charge is 0.467 e. The molecular weight excluding hydrogens is 260 g/mol. The summed E-state index contributed by atoms with van der Waals surface area (Å²) in [4.78, 5) is 22.0. The third-order valence-electron chi connectivity index (χ3n) is 3.16. The number of nitrogens with one attached hydrogen (secondary N) is 1. The molecule has 1 amide bonds. The maximum absolute atomic E-state index is 12.0. The molecular formula is C13H20N4O3. The number of rotatable bonds is 4. The van der Waals surface area contributed by atoms with Crippen LogP contribution in [0.3, 0.4) is 0 Å². The summed E-state index contributed by atoms with van der Waals surface area (Å²) in [7, 11) is 3.54. The molecule has 0 aromatic carbocycles. The second kappa shape index (κ2) is 7.16. The average molecular weight is 280 g/mol. The molecule has 1 aromatic heterocycles. The van der Waals surface area contributed by atoms with Crippen molar-refractivity contribution in [1.82, 2.24) is 20.2 Å². The summed E-state index contributed by atoms with van der Waals surface area (Å²) in [5, 5.41) is 2.89. The molecule has 0 radical (unpaired) electrons. The van der Waals surface area contributed by atoms with E-state index in [1.165, 1.54) is 19.5 Å². The van der Waals surface area contributed by atoms with Crippen LogP contribution in [0.25, 0.3) is 0 Å². The first kappa shape index (κ1) is 14.7. The Labute approximate surface area is 118 Å². The van der Waals surface area contributed by atoms with E-state index >= 15 is 0 Å². The van der Waals surface area contributed by atoms with Crippen LogP contribution in [0.5, 0.6) is 6.01 Å². The number of likely N-dealkylation sites (N-methyl/N-ethyl adjacent to an activating group) is 1. The normalized spacial score (nSPS) is 20.2. The maximum atomic E-state index is 12.0. The van der Waals surface area contributed by atoms with Crippen LogP contribution in [-0.2, 0) is 4.74 Å². The average Bonchev–Trinajstić information content (AvgIpc) is 2.69. The van der Waals surface area contributed by atoms with Crippen molar-refractivity contribution in [2.75, 3.05) is 47.0 Å². The summed E-state index contributed by atoms with van der Waals surface area (Å²) in [6.07, 6.45) is 2.91. The van der Waals surface area contributed by atoms with Crippen LogP contribution in [-0.4, -0.2) is 67.8 Å². The highest BCUT2D eigenvalue weighted by Crippen LogP contribution is 2.05. The number of aromatic nitrogens is 2. The molecule has 0 bridgehead atoms. The lowest BCUT2D eigenvalue weighted by Crippen LogP contribution is -2.35. The van der Waals surface area contributed by atoms with E-state index in [2.05, 4.69) is 27.2 Å². The first-order valence-corrected chi connectivity index (χ1v) is 6.59. The minimum Gasteiger partial charge on any atom is -0.467 e. The van der Waals surface area contributed by atoms with Crippen LogP contribution in [0.15, 0.2) is 12.4 Å².